The minimum atomic E-state index is 0.962. The van der Waals surface area contributed by atoms with Gasteiger partial charge in [-0.05, 0) is 42.2 Å². The highest BCUT2D eigenvalue weighted by Crippen LogP contribution is 2.33. The lowest BCUT2D eigenvalue weighted by molar-refractivity contribution is 1.11. The van der Waals surface area contributed by atoms with Gasteiger partial charge in [-0.25, -0.2) is 4.98 Å². The first-order valence-electron chi connectivity index (χ1n) is 6.63. The van der Waals surface area contributed by atoms with Crippen LogP contribution in [0.25, 0.3) is 22.2 Å². The Balaban J connectivity index is 1.95. The average molecular weight is 249 g/mol. The van der Waals surface area contributed by atoms with Gasteiger partial charge in [-0.15, -0.1) is 0 Å². The maximum atomic E-state index is 4.39. The minimum absolute atomic E-state index is 0.962. The molecule has 3 heteroatoms. The van der Waals surface area contributed by atoms with Gasteiger partial charge in [0.15, 0.2) is 0 Å². The molecule has 0 atom stereocenters. The van der Waals surface area contributed by atoms with E-state index in [1.165, 1.54) is 33.3 Å². The van der Waals surface area contributed by atoms with E-state index in [0.717, 1.165) is 18.6 Å². The fourth-order valence-corrected chi connectivity index (χ4v) is 2.91. The van der Waals surface area contributed by atoms with E-state index in [4.69, 9.17) is 0 Å². The van der Waals surface area contributed by atoms with Gasteiger partial charge in [0.25, 0.3) is 0 Å². The van der Waals surface area contributed by atoms with Gasteiger partial charge in [0.1, 0.15) is 5.65 Å². The van der Waals surface area contributed by atoms with Crippen molar-refractivity contribution in [2.75, 3.05) is 11.9 Å². The van der Waals surface area contributed by atoms with Crippen LogP contribution in [0.2, 0.25) is 0 Å². The van der Waals surface area contributed by atoms with Crippen molar-refractivity contribution in [1.82, 2.24) is 9.97 Å². The molecule has 3 heterocycles. The summed E-state index contributed by atoms with van der Waals surface area (Å²) in [6.07, 6.45) is 5.04. The first kappa shape index (κ1) is 10.6. The molecule has 94 valence electrons. The molecule has 1 aliphatic rings. The molecular formula is C16H15N3. The van der Waals surface area contributed by atoms with Crippen molar-refractivity contribution >= 4 is 16.7 Å². The topological polar surface area (TPSA) is 40.7 Å². The van der Waals surface area contributed by atoms with Gasteiger partial charge < -0.3 is 10.3 Å². The molecule has 2 aromatic heterocycles. The molecule has 1 aromatic carbocycles. The second kappa shape index (κ2) is 3.85. The van der Waals surface area contributed by atoms with E-state index < -0.39 is 0 Å². The summed E-state index contributed by atoms with van der Waals surface area (Å²) in [5, 5.41) is 4.66. The Hall–Kier alpha value is -2.29. The van der Waals surface area contributed by atoms with Crippen molar-refractivity contribution < 1.29 is 0 Å². The number of hydrogen-bond donors (Lipinski definition) is 2. The van der Waals surface area contributed by atoms with Crippen molar-refractivity contribution in [3.63, 3.8) is 0 Å². The van der Waals surface area contributed by atoms with Gasteiger partial charge >= 0.3 is 0 Å². The summed E-state index contributed by atoms with van der Waals surface area (Å²) in [7, 11) is 0. The van der Waals surface area contributed by atoms with Gasteiger partial charge in [-0.2, -0.15) is 0 Å². The molecule has 0 bridgehead atoms. The highest BCUT2D eigenvalue weighted by atomic mass is 14.9. The smallest absolute Gasteiger partial charge is 0.138 e. The van der Waals surface area contributed by atoms with Gasteiger partial charge in [0, 0.05) is 35.6 Å². The Morgan fingerprint density at radius 3 is 3.11 bits per heavy atom. The molecule has 3 aromatic rings. The number of hydrogen-bond acceptors (Lipinski definition) is 2. The van der Waals surface area contributed by atoms with Crippen LogP contribution in [0.3, 0.4) is 0 Å². The summed E-state index contributed by atoms with van der Waals surface area (Å²) >= 11 is 0. The van der Waals surface area contributed by atoms with Crippen LogP contribution in [0.1, 0.15) is 11.1 Å². The number of benzene rings is 1. The Labute approximate surface area is 111 Å². The van der Waals surface area contributed by atoms with E-state index in [1.54, 1.807) is 0 Å². The van der Waals surface area contributed by atoms with Crippen molar-refractivity contribution in [1.29, 1.82) is 0 Å². The molecule has 3 nitrogen and oxygen atoms in total. The third-order valence-electron chi connectivity index (χ3n) is 3.91. The van der Waals surface area contributed by atoms with Crippen LogP contribution in [0, 0.1) is 6.92 Å². The van der Waals surface area contributed by atoms with Crippen molar-refractivity contribution in [2.24, 2.45) is 0 Å². The van der Waals surface area contributed by atoms with Crippen LogP contribution in [0.4, 0.5) is 5.69 Å². The standard InChI is InChI=1S/C16H15N3/c1-10-4-6-18-16-15(10)13(9-19-16)12-3-2-11-5-7-17-14(11)8-12/h2-4,6,8-9,17H,5,7H2,1H3,(H,18,19). The number of nitrogens with one attached hydrogen (secondary N) is 2. The van der Waals surface area contributed by atoms with Crippen molar-refractivity contribution in [3.05, 3.63) is 47.8 Å². The fourth-order valence-electron chi connectivity index (χ4n) is 2.91. The number of H-pyrrole nitrogens is 1. The second-order valence-electron chi connectivity index (χ2n) is 5.10. The lowest BCUT2D eigenvalue weighted by atomic mass is 10.0. The summed E-state index contributed by atoms with van der Waals surface area (Å²) in [5.41, 5.74) is 7.39. The van der Waals surface area contributed by atoms with E-state index in [0.29, 0.717) is 0 Å². The summed E-state index contributed by atoms with van der Waals surface area (Å²) in [4.78, 5) is 7.65. The Kier molecular flexibility index (Phi) is 2.15. The van der Waals surface area contributed by atoms with Crippen LogP contribution in [0.5, 0.6) is 0 Å². The normalized spacial score (nSPS) is 13.5. The second-order valence-corrected chi connectivity index (χ2v) is 5.10. The van der Waals surface area contributed by atoms with Crippen LogP contribution in [-0.2, 0) is 6.42 Å². The maximum absolute atomic E-state index is 4.39. The molecule has 0 aliphatic carbocycles. The fraction of sp³-hybridized carbons (Fsp3) is 0.188. The first-order chi connectivity index (χ1) is 9.33. The zero-order valence-electron chi connectivity index (χ0n) is 10.8. The van der Waals surface area contributed by atoms with Crippen LogP contribution in [0.15, 0.2) is 36.7 Å². The first-order valence-corrected chi connectivity index (χ1v) is 6.63. The van der Waals surface area contributed by atoms with Crippen LogP contribution in [-0.4, -0.2) is 16.5 Å². The summed E-state index contributed by atoms with van der Waals surface area (Å²) < 4.78 is 0. The summed E-state index contributed by atoms with van der Waals surface area (Å²) in [6, 6.07) is 8.75. The molecule has 19 heavy (non-hydrogen) atoms. The quantitative estimate of drug-likeness (QED) is 0.693. The predicted molar refractivity (Wildman–Crippen MR) is 78.5 cm³/mol. The van der Waals surface area contributed by atoms with E-state index in [-0.39, 0.29) is 0 Å². The molecular weight excluding hydrogens is 234 g/mol. The molecule has 0 unspecified atom stereocenters. The third-order valence-corrected chi connectivity index (χ3v) is 3.91. The molecule has 1 aliphatic heterocycles. The monoisotopic (exact) mass is 249 g/mol. The SMILES string of the molecule is Cc1ccnc2[nH]cc(-c3ccc4c(c3)NCC4)c12. The summed E-state index contributed by atoms with van der Waals surface area (Å²) in [5.74, 6) is 0. The number of fused-ring (bicyclic) bond motifs is 2. The lowest BCUT2D eigenvalue weighted by Crippen LogP contribution is -1.91. The van der Waals surface area contributed by atoms with Crippen molar-refractivity contribution in [3.8, 4) is 11.1 Å². The molecule has 0 saturated heterocycles. The highest BCUT2D eigenvalue weighted by Gasteiger charge is 2.13. The Morgan fingerprint density at radius 2 is 2.16 bits per heavy atom. The van der Waals surface area contributed by atoms with Gasteiger partial charge in [0.05, 0.1) is 0 Å². The molecule has 4 rings (SSSR count). The Morgan fingerprint density at radius 1 is 1.21 bits per heavy atom. The zero-order chi connectivity index (χ0) is 12.8. The zero-order valence-corrected chi connectivity index (χ0v) is 10.8. The maximum Gasteiger partial charge on any atom is 0.138 e. The Bertz CT molecular complexity index is 771. The molecule has 0 amide bonds. The number of aromatic amines is 1. The highest BCUT2D eigenvalue weighted by molar-refractivity contribution is 5.96. The number of pyridine rings is 1. The third kappa shape index (κ3) is 1.55. The number of aryl methyl sites for hydroxylation is 1. The largest absolute Gasteiger partial charge is 0.384 e. The van der Waals surface area contributed by atoms with E-state index >= 15 is 0 Å². The molecule has 0 fully saturated rings. The molecule has 0 radical (unpaired) electrons. The van der Waals surface area contributed by atoms with Gasteiger partial charge in [-0.3, -0.25) is 0 Å². The van der Waals surface area contributed by atoms with E-state index in [9.17, 15) is 0 Å². The predicted octanol–water partition coefficient (Wildman–Crippen LogP) is 3.51. The van der Waals surface area contributed by atoms with Crippen LogP contribution >= 0.6 is 0 Å². The number of aromatic nitrogens is 2. The van der Waals surface area contributed by atoms with E-state index in [2.05, 4.69) is 52.7 Å². The molecule has 0 spiro atoms. The number of nitrogens with zero attached hydrogens (tertiary/aromatic N) is 1. The average Bonchev–Trinajstić information content (AvgIpc) is 3.04. The number of anilines is 1. The molecule has 2 N–H and O–H groups in total. The van der Waals surface area contributed by atoms with Gasteiger partial charge in [0.2, 0.25) is 0 Å². The summed E-state index contributed by atoms with van der Waals surface area (Å²) in [6.45, 7) is 3.18. The minimum Gasteiger partial charge on any atom is -0.384 e. The lowest BCUT2D eigenvalue weighted by Gasteiger charge is -2.05. The van der Waals surface area contributed by atoms with E-state index in [1.807, 2.05) is 6.20 Å². The van der Waals surface area contributed by atoms with Crippen LogP contribution < -0.4 is 5.32 Å². The molecule has 0 saturated carbocycles. The van der Waals surface area contributed by atoms with Crippen molar-refractivity contribution in [2.45, 2.75) is 13.3 Å². The van der Waals surface area contributed by atoms with Gasteiger partial charge in [-0.1, -0.05) is 12.1 Å². The number of rotatable bonds is 1.